The molecule has 14 heavy (non-hydrogen) atoms. The highest BCUT2D eigenvalue weighted by Gasteiger charge is 2.33. The summed E-state index contributed by atoms with van der Waals surface area (Å²) in [6.45, 7) is 0. The minimum Gasteiger partial charge on any atom is -0.372 e. The Morgan fingerprint density at radius 1 is 1.57 bits per heavy atom. The Hall–Kier alpha value is -1.49. The molecule has 1 saturated heterocycles. The minimum atomic E-state index is -0.752. The third-order valence-electron chi connectivity index (χ3n) is 2.49. The first-order chi connectivity index (χ1) is 6.83. The number of nitroso groups, excluding NO2 is 1. The highest BCUT2D eigenvalue weighted by atomic mass is 16.3. The van der Waals surface area contributed by atoms with E-state index >= 15 is 0 Å². The topological polar surface area (TPSA) is 65.8 Å². The summed E-state index contributed by atoms with van der Waals surface area (Å²) in [5.74, 6) is 0. The van der Waals surface area contributed by atoms with Crippen molar-refractivity contribution in [3.8, 4) is 0 Å². The molecule has 2 heterocycles. The number of aliphatic hydroxyl groups is 1. The molecule has 1 aliphatic heterocycles. The zero-order valence-electron chi connectivity index (χ0n) is 7.58. The molecule has 0 spiro atoms. The van der Waals surface area contributed by atoms with Crippen LogP contribution in [0.15, 0.2) is 29.8 Å². The van der Waals surface area contributed by atoms with Crippen molar-refractivity contribution in [2.24, 2.45) is 5.29 Å². The van der Waals surface area contributed by atoms with Crippen molar-refractivity contribution in [3.63, 3.8) is 0 Å². The fourth-order valence-electron chi connectivity index (χ4n) is 1.78. The summed E-state index contributed by atoms with van der Waals surface area (Å²) in [5, 5.41) is 13.5. The standard InChI is InChI=1S/C9H11N3O2/c13-9-4-3-8(12(9)11-14)7-2-1-5-10-6-7/h1-2,5-6,8-9,13H,3-4H2. The van der Waals surface area contributed by atoms with Gasteiger partial charge in [-0.25, -0.2) is 5.01 Å². The molecule has 5 heteroatoms. The average Bonchev–Trinajstić information content (AvgIpc) is 2.61. The average molecular weight is 193 g/mol. The van der Waals surface area contributed by atoms with Crippen molar-refractivity contribution < 1.29 is 5.11 Å². The lowest BCUT2D eigenvalue weighted by molar-refractivity contribution is 0.0172. The van der Waals surface area contributed by atoms with Crippen molar-refractivity contribution >= 4 is 0 Å². The van der Waals surface area contributed by atoms with E-state index in [1.54, 1.807) is 12.4 Å². The van der Waals surface area contributed by atoms with E-state index in [-0.39, 0.29) is 6.04 Å². The Labute approximate surface area is 81.3 Å². The van der Waals surface area contributed by atoms with Gasteiger partial charge in [0, 0.05) is 12.4 Å². The second kappa shape index (κ2) is 3.71. The summed E-state index contributed by atoms with van der Waals surface area (Å²) in [4.78, 5) is 14.5. The molecule has 1 N–H and O–H groups in total. The van der Waals surface area contributed by atoms with Gasteiger partial charge in [-0.15, -0.1) is 4.91 Å². The van der Waals surface area contributed by atoms with Crippen LogP contribution in [0.5, 0.6) is 0 Å². The van der Waals surface area contributed by atoms with Crippen LogP contribution in [0.25, 0.3) is 0 Å². The molecule has 0 bridgehead atoms. The third kappa shape index (κ3) is 1.46. The molecule has 74 valence electrons. The van der Waals surface area contributed by atoms with Gasteiger partial charge < -0.3 is 5.11 Å². The van der Waals surface area contributed by atoms with Gasteiger partial charge in [-0.2, -0.15) is 0 Å². The molecular formula is C9H11N3O2. The molecule has 0 aromatic carbocycles. The Morgan fingerprint density at radius 3 is 3.07 bits per heavy atom. The van der Waals surface area contributed by atoms with Crippen LogP contribution in [0.4, 0.5) is 0 Å². The Bertz CT molecular complexity index is 317. The van der Waals surface area contributed by atoms with Gasteiger partial charge >= 0.3 is 0 Å². The van der Waals surface area contributed by atoms with Gasteiger partial charge in [0.1, 0.15) is 6.23 Å². The Balaban J connectivity index is 2.23. The maximum atomic E-state index is 10.5. The minimum absolute atomic E-state index is 0.129. The number of rotatable bonds is 2. The number of aliphatic hydroxyl groups excluding tert-OH is 1. The summed E-state index contributed by atoms with van der Waals surface area (Å²) < 4.78 is 0. The number of aromatic nitrogens is 1. The lowest BCUT2D eigenvalue weighted by Crippen LogP contribution is -2.25. The van der Waals surface area contributed by atoms with E-state index in [9.17, 15) is 10.0 Å². The highest BCUT2D eigenvalue weighted by Crippen LogP contribution is 2.34. The quantitative estimate of drug-likeness (QED) is 0.717. The molecule has 2 atom stereocenters. The summed E-state index contributed by atoms with van der Waals surface area (Å²) in [6.07, 6.45) is 3.93. The van der Waals surface area contributed by atoms with Gasteiger partial charge in [-0.05, 0) is 24.5 Å². The van der Waals surface area contributed by atoms with Gasteiger partial charge in [0.05, 0.1) is 11.3 Å². The molecule has 1 aromatic heterocycles. The first kappa shape index (κ1) is 9.08. The second-order valence-electron chi connectivity index (χ2n) is 3.32. The molecule has 0 amide bonds. The van der Waals surface area contributed by atoms with Crippen LogP contribution in [0.1, 0.15) is 24.4 Å². The highest BCUT2D eigenvalue weighted by molar-refractivity contribution is 5.15. The van der Waals surface area contributed by atoms with Crippen LogP contribution < -0.4 is 0 Å². The zero-order valence-corrected chi connectivity index (χ0v) is 7.58. The maximum Gasteiger partial charge on any atom is 0.146 e. The molecule has 0 saturated carbocycles. The summed E-state index contributed by atoms with van der Waals surface area (Å²) in [5.41, 5.74) is 0.920. The van der Waals surface area contributed by atoms with Crippen LogP contribution >= 0.6 is 0 Å². The van der Waals surface area contributed by atoms with E-state index in [1.165, 1.54) is 5.01 Å². The lowest BCUT2D eigenvalue weighted by Gasteiger charge is -2.20. The van der Waals surface area contributed by atoms with Gasteiger partial charge in [0.2, 0.25) is 0 Å². The number of nitrogens with zero attached hydrogens (tertiary/aromatic N) is 3. The third-order valence-corrected chi connectivity index (χ3v) is 2.49. The monoisotopic (exact) mass is 193 g/mol. The smallest absolute Gasteiger partial charge is 0.146 e. The normalized spacial score (nSPS) is 26.5. The summed E-state index contributed by atoms with van der Waals surface area (Å²) in [7, 11) is 0. The van der Waals surface area contributed by atoms with Crippen LogP contribution in [0, 0.1) is 4.91 Å². The van der Waals surface area contributed by atoms with Crippen molar-refractivity contribution in [1.29, 1.82) is 0 Å². The van der Waals surface area contributed by atoms with Gasteiger partial charge in [0.25, 0.3) is 0 Å². The first-order valence-corrected chi connectivity index (χ1v) is 4.52. The van der Waals surface area contributed by atoms with Gasteiger partial charge in [0.15, 0.2) is 0 Å². The summed E-state index contributed by atoms with van der Waals surface area (Å²) in [6, 6.07) is 3.56. The number of hydrogen-bond acceptors (Lipinski definition) is 4. The SMILES string of the molecule is O=NN1C(O)CCC1c1cccnc1. The zero-order chi connectivity index (χ0) is 9.97. The van der Waals surface area contributed by atoms with Crippen molar-refractivity contribution in [3.05, 3.63) is 35.0 Å². The predicted octanol–water partition coefficient (Wildman–Crippen LogP) is 1.22. The molecule has 2 rings (SSSR count). The van der Waals surface area contributed by atoms with E-state index < -0.39 is 6.23 Å². The molecule has 2 unspecified atom stereocenters. The van der Waals surface area contributed by atoms with Crippen LogP contribution in [-0.2, 0) is 0 Å². The molecule has 1 aromatic rings. The van der Waals surface area contributed by atoms with Crippen LogP contribution in [0.3, 0.4) is 0 Å². The van der Waals surface area contributed by atoms with Gasteiger partial charge in [-0.3, -0.25) is 4.98 Å². The molecule has 5 nitrogen and oxygen atoms in total. The molecule has 0 radical (unpaired) electrons. The van der Waals surface area contributed by atoms with Crippen molar-refractivity contribution in [2.45, 2.75) is 25.1 Å². The summed E-state index contributed by atoms with van der Waals surface area (Å²) >= 11 is 0. The van der Waals surface area contributed by atoms with E-state index in [2.05, 4.69) is 10.3 Å². The van der Waals surface area contributed by atoms with Crippen LogP contribution in [0.2, 0.25) is 0 Å². The lowest BCUT2D eigenvalue weighted by atomic mass is 10.1. The maximum absolute atomic E-state index is 10.5. The van der Waals surface area contributed by atoms with E-state index in [4.69, 9.17) is 0 Å². The Morgan fingerprint density at radius 2 is 2.43 bits per heavy atom. The van der Waals surface area contributed by atoms with Crippen molar-refractivity contribution in [1.82, 2.24) is 9.99 Å². The molecule has 1 fully saturated rings. The van der Waals surface area contributed by atoms with E-state index in [1.807, 2.05) is 12.1 Å². The number of pyridine rings is 1. The molecule has 1 aliphatic rings. The Kier molecular flexibility index (Phi) is 2.41. The van der Waals surface area contributed by atoms with Crippen LogP contribution in [-0.4, -0.2) is 21.3 Å². The van der Waals surface area contributed by atoms with E-state index in [0.29, 0.717) is 6.42 Å². The molecule has 0 aliphatic carbocycles. The predicted molar refractivity (Wildman–Crippen MR) is 49.9 cm³/mol. The van der Waals surface area contributed by atoms with Crippen molar-refractivity contribution in [2.75, 3.05) is 0 Å². The second-order valence-corrected chi connectivity index (χ2v) is 3.32. The molecular weight excluding hydrogens is 182 g/mol. The largest absolute Gasteiger partial charge is 0.372 e. The van der Waals surface area contributed by atoms with Gasteiger partial charge in [-0.1, -0.05) is 6.07 Å². The fourth-order valence-corrected chi connectivity index (χ4v) is 1.78. The fraction of sp³-hybridized carbons (Fsp3) is 0.444. The van der Waals surface area contributed by atoms with E-state index in [0.717, 1.165) is 12.0 Å². The first-order valence-electron chi connectivity index (χ1n) is 4.52. The number of hydrogen-bond donors (Lipinski definition) is 1.